The molecule has 0 bridgehead atoms. The van der Waals surface area contributed by atoms with E-state index in [2.05, 4.69) is 50.3 Å². The highest BCUT2D eigenvalue weighted by Gasteiger charge is 2.11. The van der Waals surface area contributed by atoms with Crippen LogP contribution >= 0.6 is 15.9 Å². The number of benzene rings is 1. The molecule has 0 aliphatic heterocycles. The van der Waals surface area contributed by atoms with Gasteiger partial charge in [-0.3, -0.25) is 0 Å². The van der Waals surface area contributed by atoms with Gasteiger partial charge >= 0.3 is 0 Å². The fourth-order valence-corrected chi connectivity index (χ4v) is 2.37. The van der Waals surface area contributed by atoms with Crippen molar-refractivity contribution in [1.29, 1.82) is 0 Å². The number of halogens is 1. The van der Waals surface area contributed by atoms with Crippen molar-refractivity contribution in [2.75, 3.05) is 0 Å². The van der Waals surface area contributed by atoms with E-state index < -0.39 is 0 Å². The average Bonchev–Trinajstić information content (AvgIpc) is 3.04. The molecule has 1 atom stereocenters. The van der Waals surface area contributed by atoms with Crippen molar-refractivity contribution in [3.05, 3.63) is 52.7 Å². The number of hydrogen-bond acceptors (Lipinski definition) is 3. The summed E-state index contributed by atoms with van der Waals surface area (Å²) in [5.41, 5.74) is 1.97. The Morgan fingerprint density at radius 1 is 1.42 bits per heavy atom. The number of nitrogens with zero attached hydrogens (tertiary/aromatic N) is 1. The fourth-order valence-electron chi connectivity index (χ4n) is 1.99. The molecule has 19 heavy (non-hydrogen) atoms. The van der Waals surface area contributed by atoms with Gasteiger partial charge in [0, 0.05) is 28.3 Å². The Labute approximate surface area is 119 Å². The number of aromatic amines is 1. The van der Waals surface area contributed by atoms with Gasteiger partial charge in [0.05, 0.1) is 12.4 Å². The molecular formula is C14H14BrN3O. The van der Waals surface area contributed by atoms with Crippen molar-refractivity contribution in [2.24, 2.45) is 0 Å². The first-order valence-corrected chi connectivity index (χ1v) is 6.91. The van der Waals surface area contributed by atoms with E-state index in [4.69, 9.17) is 4.42 Å². The first-order chi connectivity index (χ1) is 9.22. The molecule has 2 N–H and O–H groups in total. The second kappa shape index (κ2) is 5.19. The van der Waals surface area contributed by atoms with Crippen molar-refractivity contribution in [1.82, 2.24) is 15.3 Å². The molecule has 2 aromatic heterocycles. The van der Waals surface area contributed by atoms with Gasteiger partial charge in [-0.25, -0.2) is 4.98 Å². The number of aromatic nitrogens is 2. The van der Waals surface area contributed by atoms with Crippen LogP contribution in [0.4, 0.5) is 0 Å². The minimum Gasteiger partial charge on any atom is -0.459 e. The van der Waals surface area contributed by atoms with E-state index >= 15 is 0 Å². The molecule has 0 aliphatic rings. The molecule has 1 aromatic carbocycles. The summed E-state index contributed by atoms with van der Waals surface area (Å²) in [6, 6.07) is 8.24. The van der Waals surface area contributed by atoms with Crippen LogP contribution in [0.5, 0.6) is 0 Å². The van der Waals surface area contributed by atoms with Crippen LogP contribution in [0.15, 0.2) is 45.7 Å². The summed E-state index contributed by atoms with van der Waals surface area (Å²) in [7, 11) is 0. The molecule has 0 amide bonds. The minimum atomic E-state index is 0.148. The van der Waals surface area contributed by atoms with Crippen LogP contribution in [0.1, 0.15) is 24.4 Å². The molecular weight excluding hydrogens is 306 g/mol. The van der Waals surface area contributed by atoms with Gasteiger partial charge in [-0.2, -0.15) is 0 Å². The molecule has 4 nitrogen and oxygen atoms in total. The smallest absolute Gasteiger partial charge is 0.134 e. The van der Waals surface area contributed by atoms with Crippen molar-refractivity contribution in [3.63, 3.8) is 0 Å². The molecule has 3 aromatic rings. The summed E-state index contributed by atoms with van der Waals surface area (Å²) in [5, 5.41) is 4.51. The largest absolute Gasteiger partial charge is 0.459 e. The van der Waals surface area contributed by atoms with Crippen molar-refractivity contribution >= 4 is 26.9 Å². The molecule has 0 aliphatic carbocycles. The summed E-state index contributed by atoms with van der Waals surface area (Å²) >= 11 is 3.47. The third-order valence-corrected chi connectivity index (χ3v) is 3.57. The summed E-state index contributed by atoms with van der Waals surface area (Å²) in [4.78, 5) is 7.06. The second-order valence-electron chi connectivity index (χ2n) is 4.51. The zero-order valence-electron chi connectivity index (χ0n) is 10.5. The van der Waals surface area contributed by atoms with Crippen molar-refractivity contribution < 1.29 is 4.42 Å². The number of fused-ring (bicyclic) bond motifs is 1. The van der Waals surface area contributed by atoms with E-state index in [0.717, 1.165) is 33.4 Å². The van der Waals surface area contributed by atoms with Gasteiger partial charge in [0.2, 0.25) is 0 Å². The molecule has 3 rings (SSSR count). The molecule has 0 saturated carbocycles. The van der Waals surface area contributed by atoms with E-state index in [1.54, 1.807) is 6.33 Å². The molecule has 0 saturated heterocycles. The number of imidazole rings is 1. The van der Waals surface area contributed by atoms with Crippen LogP contribution in [-0.4, -0.2) is 9.97 Å². The predicted octanol–water partition coefficient (Wildman–Crippen LogP) is 3.77. The Balaban J connectivity index is 1.75. The van der Waals surface area contributed by atoms with Gasteiger partial charge in [-0.1, -0.05) is 15.9 Å². The number of nitrogens with one attached hydrogen (secondary N) is 2. The topological polar surface area (TPSA) is 53.9 Å². The third-order valence-electron chi connectivity index (χ3n) is 3.08. The standard InChI is InChI=1S/C14H14BrN3O/c1-9(17-7-12-6-16-8-18-12)14-5-10-4-11(15)2-3-13(10)19-14/h2-6,8-9,17H,7H2,1H3,(H,16,18). The summed E-state index contributed by atoms with van der Waals surface area (Å²) in [6.07, 6.45) is 3.50. The summed E-state index contributed by atoms with van der Waals surface area (Å²) in [6.45, 7) is 2.82. The van der Waals surface area contributed by atoms with Crippen LogP contribution < -0.4 is 5.32 Å². The van der Waals surface area contributed by atoms with E-state index in [1.165, 1.54) is 0 Å². The Morgan fingerprint density at radius 3 is 3.11 bits per heavy atom. The first-order valence-electron chi connectivity index (χ1n) is 6.12. The Kier molecular flexibility index (Phi) is 3.40. The van der Waals surface area contributed by atoms with Crippen molar-refractivity contribution in [2.45, 2.75) is 19.5 Å². The Morgan fingerprint density at radius 2 is 2.32 bits per heavy atom. The van der Waals surface area contributed by atoms with Gasteiger partial charge in [0.1, 0.15) is 11.3 Å². The van der Waals surface area contributed by atoms with Crippen LogP contribution in [-0.2, 0) is 6.54 Å². The SMILES string of the molecule is CC(NCc1cnc[nH]1)c1cc2cc(Br)ccc2o1. The van der Waals surface area contributed by atoms with E-state index in [0.29, 0.717) is 0 Å². The van der Waals surface area contributed by atoms with E-state index in [-0.39, 0.29) is 6.04 Å². The van der Waals surface area contributed by atoms with Gasteiger partial charge in [0.15, 0.2) is 0 Å². The lowest BCUT2D eigenvalue weighted by Crippen LogP contribution is -2.17. The molecule has 0 fully saturated rings. The van der Waals surface area contributed by atoms with Crippen LogP contribution in [0.25, 0.3) is 11.0 Å². The monoisotopic (exact) mass is 319 g/mol. The number of hydrogen-bond donors (Lipinski definition) is 2. The van der Waals surface area contributed by atoms with Gasteiger partial charge in [-0.15, -0.1) is 0 Å². The summed E-state index contributed by atoms with van der Waals surface area (Å²) < 4.78 is 6.91. The number of rotatable bonds is 4. The van der Waals surface area contributed by atoms with Gasteiger partial charge in [0.25, 0.3) is 0 Å². The maximum absolute atomic E-state index is 5.85. The van der Waals surface area contributed by atoms with Gasteiger partial charge < -0.3 is 14.7 Å². The van der Waals surface area contributed by atoms with Crippen LogP contribution in [0.3, 0.4) is 0 Å². The van der Waals surface area contributed by atoms with E-state index in [1.807, 2.05) is 18.3 Å². The zero-order valence-corrected chi connectivity index (χ0v) is 12.1. The fraction of sp³-hybridized carbons (Fsp3) is 0.214. The minimum absolute atomic E-state index is 0.148. The quantitative estimate of drug-likeness (QED) is 0.769. The van der Waals surface area contributed by atoms with E-state index in [9.17, 15) is 0 Å². The third kappa shape index (κ3) is 2.72. The predicted molar refractivity (Wildman–Crippen MR) is 77.8 cm³/mol. The molecule has 5 heteroatoms. The molecule has 1 unspecified atom stereocenters. The maximum Gasteiger partial charge on any atom is 0.134 e. The molecule has 2 heterocycles. The van der Waals surface area contributed by atoms with Crippen LogP contribution in [0.2, 0.25) is 0 Å². The zero-order chi connectivity index (χ0) is 13.2. The highest BCUT2D eigenvalue weighted by Crippen LogP contribution is 2.26. The number of furan rings is 1. The average molecular weight is 320 g/mol. The molecule has 0 spiro atoms. The Bertz CT molecular complexity index is 675. The summed E-state index contributed by atoms with van der Waals surface area (Å²) in [5.74, 6) is 0.938. The lowest BCUT2D eigenvalue weighted by atomic mass is 10.2. The maximum atomic E-state index is 5.85. The highest BCUT2D eigenvalue weighted by molar-refractivity contribution is 9.10. The van der Waals surface area contributed by atoms with Gasteiger partial charge in [-0.05, 0) is 31.2 Å². The second-order valence-corrected chi connectivity index (χ2v) is 5.43. The first kappa shape index (κ1) is 12.4. The normalized spacial score (nSPS) is 12.9. The van der Waals surface area contributed by atoms with Crippen molar-refractivity contribution in [3.8, 4) is 0 Å². The number of H-pyrrole nitrogens is 1. The lowest BCUT2D eigenvalue weighted by molar-refractivity contribution is 0.449. The highest BCUT2D eigenvalue weighted by atomic mass is 79.9. The Hall–Kier alpha value is -1.59. The molecule has 0 radical (unpaired) electrons. The lowest BCUT2D eigenvalue weighted by Gasteiger charge is -2.09. The molecule has 98 valence electrons. The van der Waals surface area contributed by atoms with Crippen LogP contribution in [0, 0.1) is 0 Å².